The minimum Gasteiger partial charge on any atom is -0.463 e. The van der Waals surface area contributed by atoms with Gasteiger partial charge in [0, 0.05) is 19.3 Å². The molecule has 0 radical (unpaired) electrons. The van der Waals surface area contributed by atoms with Gasteiger partial charge in [-0.3, -0.25) is 9.78 Å². The van der Waals surface area contributed by atoms with Gasteiger partial charge in [0.2, 0.25) is 0 Å². The average molecular weight is 279 g/mol. The number of rotatable bonds is 4. The monoisotopic (exact) mass is 278 g/mol. The molecule has 19 heavy (non-hydrogen) atoms. The molecule has 0 aliphatic rings. The summed E-state index contributed by atoms with van der Waals surface area (Å²) < 4.78 is 10.2. The molecule has 5 nitrogen and oxygen atoms in total. The maximum Gasteiger partial charge on any atom is 0.302 e. The predicted octanol–water partition coefficient (Wildman–Crippen LogP) is 2.74. The Balaban J connectivity index is 2.13. The number of halogens is 1. The zero-order valence-electron chi connectivity index (χ0n) is 10.2. The van der Waals surface area contributed by atoms with Crippen LogP contribution < -0.4 is 4.74 Å². The van der Waals surface area contributed by atoms with Crippen LogP contribution in [0.2, 0.25) is 5.02 Å². The van der Waals surface area contributed by atoms with Crippen LogP contribution in [0.3, 0.4) is 0 Å². The van der Waals surface area contributed by atoms with Gasteiger partial charge in [0.1, 0.15) is 17.6 Å². The number of hydrogen-bond acceptors (Lipinski definition) is 5. The standard InChI is InChI=1S/C13H11ClN2O3/c1-9(17)18-7-2-8-19-11-4-3-10(14)12-13(11)16-6-5-15-12/h2-6,8H,7H2,1H3/b8-2+. The Bertz CT molecular complexity index is 628. The lowest BCUT2D eigenvalue weighted by molar-refractivity contribution is -0.139. The van der Waals surface area contributed by atoms with Crippen LogP contribution in [0, 0.1) is 0 Å². The van der Waals surface area contributed by atoms with E-state index in [1.54, 1.807) is 30.6 Å². The molecule has 6 heteroatoms. The minimum absolute atomic E-state index is 0.159. The molecule has 1 heterocycles. The van der Waals surface area contributed by atoms with Gasteiger partial charge < -0.3 is 9.47 Å². The lowest BCUT2D eigenvalue weighted by atomic mass is 10.3. The zero-order chi connectivity index (χ0) is 13.7. The molecule has 1 aromatic heterocycles. The molecule has 0 N–H and O–H groups in total. The first-order valence-electron chi connectivity index (χ1n) is 5.52. The molecule has 98 valence electrons. The van der Waals surface area contributed by atoms with Crippen LogP contribution >= 0.6 is 11.6 Å². The average Bonchev–Trinajstić information content (AvgIpc) is 2.41. The van der Waals surface area contributed by atoms with Crippen molar-refractivity contribution in [1.29, 1.82) is 0 Å². The van der Waals surface area contributed by atoms with Crippen molar-refractivity contribution in [1.82, 2.24) is 9.97 Å². The van der Waals surface area contributed by atoms with Crippen molar-refractivity contribution in [3.05, 3.63) is 41.9 Å². The molecule has 0 amide bonds. The number of aromatic nitrogens is 2. The van der Waals surface area contributed by atoms with Gasteiger partial charge in [0.15, 0.2) is 5.75 Å². The molecule has 0 aliphatic heterocycles. The van der Waals surface area contributed by atoms with Gasteiger partial charge in [0.25, 0.3) is 0 Å². The molecular weight excluding hydrogens is 268 g/mol. The number of carbonyl (C=O) groups is 1. The lowest BCUT2D eigenvalue weighted by Gasteiger charge is -2.05. The number of fused-ring (bicyclic) bond motifs is 1. The van der Waals surface area contributed by atoms with Crippen molar-refractivity contribution < 1.29 is 14.3 Å². The molecule has 2 aromatic rings. The topological polar surface area (TPSA) is 61.3 Å². The summed E-state index contributed by atoms with van der Waals surface area (Å²) in [5, 5.41) is 0.513. The summed E-state index contributed by atoms with van der Waals surface area (Å²) in [6, 6.07) is 3.39. The molecule has 0 fully saturated rings. The summed E-state index contributed by atoms with van der Waals surface area (Å²) in [5.74, 6) is 0.194. The van der Waals surface area contributed by atoms with Gasteiger partial charge in [-0.15, -0.1) is 0 Å². The quantitative estimate of drug-likeness (QED) is 0.636. The van der Waals surface area contributed by atoms with Gasteiger partial charge >= 0.3 is 5.97 Å². The van der Waals surface area contributed by atoms with E-state index in [9.17, 15) is 4.79 Å². The van der Waals surface area contributed by atoms with E-state index in [2.05, 4.69) is 9.97 Å². The van der Waals surface area contributed by atoms with E-state index in [4.69, 9.17) is 21.1 Å². The highest BCUT2D eigenvalue weighted by Gasteiger charge is 2.06. The maximum atomic E-state index is 10.6. The third-order valence-electron chi connectivity index (χ3n) is 2.21. The number of nitrogens with zero attached hydrogens (tertiary/aromatic N) is 2. The van der Waals surface area contributed by atoms with E-state index < -0.39 is 0 Å². The zero-order valence-corrected chi connectivity index (χ0v) is 10.9. The Kier molecular flexibility index (Phi) is 4.30. The lowest BCUT2D eigenvalue weighted by Crippen LogP contribution is -1.98. The third-order valence-corrected chi connectivity index (χ3v) is 2.52. The van der Waals surface area contributed by atoms with Crippen molar-refractivity contribution in [3.63, 3.8) is 0 Å². The third kappa shape index (κ3) is 3.42. The van der Waals surface area contributed by atoms with E-state index in [-0.39, 0.29) is 12.6 Å². The molecule has 2 rings (SSSR count). The second-order valence-electron chi connectivity index (χ2n) is 3.59. The Morgan fingerprint density at radius 2 is 2.05 bits per heavy atom. The number of esters is 1. The van der Waals surface area contributed by atoms with Crippen LogP contribution in [-0.2, 0) is 9.53 Å². The summed E-state index contributed by atoms with van der Waals surface area (Å²) in [6.45, 7) is 1.50. The minimum atomic E-state index is -0.340. The highest BCUT2D eigenvalue weighted by Crippen LogP contribution is 2.28. The number of hydrogen-bond donors (Lipinski definition) is 0. The number of carbonyl (C=O) groups excluding carboxylic acids is 1. The molecular formula is C13H11ClN2O3. The van der Waals surface area contributed by atoms with E-state index in [0.717, 1.165) is 0 Å². The Hall–Kier alpha value is -2.14. The van der Waals surface area contributed by atoms with Crippen molar-refractivity contribution >= 4 is 28.6 Å². The molecule has 0 spiro atoms. The Labute approximate surface area is 114 Å². The van der Waals surface area contributed by atoms with Crippen molar-refractivity contribution in [2.45, 2.75) is 6.92 Å². The molecule has 1 aromatic carbocycles. The smallest absolute Gasteiger partial charge is 0.302 e. The van der Waals surface area contributed by atoms with E-state index in [1.807, 2.05) is 0 Å². The molecule has 0 atom stereocenters. The Morgan fingerprint density at radius 1 is 1.32 bits per heavy atom. The second-order valence-corrected chi connectivity index (χ2v) is 4.00. The molecule has 0 bridgehead atoms. The van der Waals surface area contributed by atoms with Gasteiger partial charge in [-0.25, -0.2) is 4.98 Å². The largest absolute Gasteiger partial charge is 0.463 e. The molecule has 0 aliphatic carbocycles. The van der Waals surface area contributed by atoms with Gasteiger partial charge in [-0.2, -0.15) is 0 Å². The maximum absolute atomic E-state index is 10.6. The van der Waals surface area contributed by atoms with Crippen molar-refractivity contribution in [2.24, 2.45) is 0 Å². The van der Waals surface area contributed by atoms with Gasteiger partial charge in [0.05, 0.1) is 11.3 Å². The van der Waals surface area contributed by atoms with Crippen molar-refractivity contribution in [2.75, 3.05) is 6.61 Å². The summed E-state index contributed by atoms with van der Waals surface area (Å²) in [6.07, 6.45) is 6.14. The van der Waals surface area contributed by atoms with Crippen molar-refractivity contribution in [3.8, 4) is 5.75 Å². The Morgan fingerprint density at radius 3 is 2.79 bits per heavy atom. The van der Waals surface area contributed by atoms with E-state index >= 15 is 0 Å². The van der Waals surface area contributed by atoms with Crippen LogP contribution in [0.5, 0.6) is 5.75 Å². The van der Waals surface area contributed by atoms with Crippen LogP contribution in [0.4, 0.5) is 0 Å². The van der Waals surface area contributed by atoms with Crippen LogP contribution in [-0.4, -0.2) is 22.5 Å². The SMILES string of the molecule is CC(=O)OC/C=C/Oc1ccc(Cl)c2nccnc12. The fraction of sp³-hybridized carbons (Fsp3) is 0.154. The summed E-state index contributed by atoms with van der Waals surface area (Å²) >= 11 is 6.01. The summed E-state index contributed by atoms with van der Waals surface area (Å²) in [4.78, 5) is 18.9. The molecule has 0 unspecified atom stereocenters. The number of benzene rings is 1. The van der Waals surface area contributed by atoms with Crippen LogP contribution in [0.25, 0.3) is 11.0 Å². The first-order chi connectivity index (χ1) is 9.18. The number of ether oxygens (including phenoxy) is 2. The fourth-order valence-corrected chi connectivity index (χ4v) is 1.62. The molecule has 0 saturated carbocycles. The normalized spacial score (nSPS) is 10.8. The van der Waals surface area contributed by atoms with Crippen LogP contribution in [0.1, 0.15) is 6.92 Å². The second kappa shape index (κ2) is 6.15. The first kappa shape index (κ1) is 13.3. The van der Waals surface area contributed by atoms with E-state index in [0.29, 0.717) is 21.8 Å². The first-order valence-corrected chi connectivity index (χ1v) is 5.90. The highest BCUT2D eigenvalue weighted by atomic mass is 35.5. The van der Waals surface area contributed by atoms with Crippen LogP contribution in [0.15, 0.2) is 36.9 Å². The van der Waals surface area contributed by atoms with Gasteiger partial charge in [-0.1, -0.05) is 11.6 Å². The molecule has 0 saturated heterocycles. The van der Waals surface area contributed by atoms with E-state index in [1.165, 1.54) is 13.2 Å². The predicted molar refractivity (Wildman–Crippen MR) is 70.9 cm³/mol. The fourth-order valence-electron chi connectivity index (χ4n) is 1.42. The van der Waals surface area contributed by atoms with Gasteiger partial charge in [-0.05, 0) is 18.2 Å². The highest BCUT2D eigenvalue weighted by molar-refractivity contribution is 6.35. The summed E-state index contributed by atoms with van der Waals surface area (Å²) in [5.41, 5.74) is 1.15. The summed E-state index contributed by atoms with van der Waals surface area (Å²) in [7, 11) is 0.